The first-order chi connectivity index (χ1) is 7.60. The van der Waals surface area contributed by atoms with Crippen molar-refractivity contribution < 1.29 is 9.53 Å². The van der Waals surface area contributed by atoms with Crippen LogP contribution in [0.1, 0.15) is 39.5 Å². The molecule has 0 fully saturated rings. The summed E-state index contributed by atoms with van der Waals surface area (Å²) in [5.74, 6) is 2.01. The van der Waals surface area contributed by atoms with E-state index in [0.717, 1.165) is 12.2 Å². The Morgan fingerprint density at radius 2 is 2.06 bits per heavy atom. The maximum absolute atomic E-state index is 11.5. The fraction of sp³-hybridized carbons (Fsp3) is 0.917. The molecular formula is C12H25NO2S. The third-order valence-corrected chi connectivity index (χ3v) is 3.90. The topological polar surface area (TPSA) is 38.3 Å². The van der Waals surface area contributed by atoms with E-state index in [0.29, 0.717) is 0 Å². The maximum Gasteiger partial charge on any atom is 0.325 e. The molecule has 0 aromatic rings. The molecule has 0 heterocycles. The van der Waals surface area contributed by atoms with Crippen molar-refractivity contribution in [2.24, 2.45) is 0 Å². The number of ether oxygens (including phenoxy) is 1. The zero-order chi connectivity index (χ0) is 12.4. The molecular weight excluding hydrogens is 222 g/mol. The van der Waals surface area contributed by atoms with Gasteiger partial charge in [-0.25, -0.2) is 0 Å². The molecule has 0 bridgehead atoms. The summed E-state index contributed by atoms with van der Waals surface area (Å²) in [5.41, 5.74) is -0.535. The minimum atomic E-state index is -0.535. The Labute approximate surface area is 104 Å². The van der Waals surface area contributed by atoms with Gasteiger partial charge in [-0.1, -0.05) is 19.8 Å². The van der Waals surface area contributed by atoms with Gasteiger partial charge in [0.05, 0.1) is 7.11 Å². The molecule has 16 heavy (non-hydrogen) atoms. The van der Waals surface area contributed by atoms with E-state index in [1.54, 1.807) is 7.05 Å². The number of thioether (sulfide) groups is 1. The van der Waals surface area contributed by atoms with Crippen LogP contribution >= 0.6 is 11.8 Å². The number of esters is 1. The highest BCUT2D eigenvalue weighted by Crippen LogP contribution is 2.16. The molecule has 0 aromatic heterocycles. The Kier molecular flexibility index (Phi) is 8.76. The zero-order valence-electron chi connectivity index (χ0n) is 11.0. The molecule has 0 aliphatic heterocycles. The maximum atomic E-state index is 11.5. The van der Waals surface area contributed by atoms with Crippen molar-refractivity contribution in [2.75, 3.05) is 25.7 Å². The van der Waals surface area contributed by atoms with E-state index in [-0.39, 0.29) is 5.97 Å². The highest BCUT2D eigenvalue weighted by molar-refractivity contribution is 7.99. The molecule has 0 rings (SSSR count). The van der Waals surface area contributed by atoms with Crippen molar-refractivity contribution in [2.45, 2.75) is 45.1 Å². The van der Waals surface area contributed by atoms with E-state index in [9.17, 15) is 4.79 Å². The molecule has 1 N–H and O–H groups in total. The minimum absolute atomic E-state index is 0.177. The lowest BCUT2D eigenvalue weighted by atomic mass is 10.00. The van der Waals surface area contributed by atoms with Crippen molar-refractivity contribution in [1.29, 1.82) is 0 Å². The van der Waals surface area contributed by atoms with Crippen LogP contribution in [0.5, 0.6) is 0 Å². The van der Waals surface area contributed by atoms with Crippen molar-refractivity contribution in [3.63, 3.8) is 0 Å². The van der Waals surface area contributed by atoms with Gasteiger partial charge in [-0.3, -0.25) is 4.79 Å². The molecule has 1 unspecified atom stereocenters. The number of likely N-dealkylation sites (N-methyl/N-ethyl adjacent to an activating group) is 1. The molecule has 0 spiro atoms. The number of rotatable bonds is 9. The second-order valence-corrected chi connectivity index (χ2v) is 5.37. The van der Waals surface area contributed by atoms with Gasteiger partial charge in [-0.15, -0.1) is 0 Å². The van der Waals surface area contributed by atoms with Gasteiger partial charge in [0.25, 0.3) is 0 Å². The summed E-state index contributed by atoms with van der Waals surface area (Å²) in [6, 6.07) is 0. The Balaban J connectivity index is 3.74. The fourth-order valence-electron chi connectivity index (χ4n) is 1.39. The molecule has 3 nitrogen and oxygen atoms in total. The van der Waals surface area contributed by atoms with Crippen molar-refractivity contribution in [3.05, 3.63) is 0 Å². The monoisotopic (exact) mass is 247 g/mol. The van der Waals surface area contributed by atoms with Gasteiger partial charge in [0.1, 0.15) is 5.54 Å². The highest BCUT2D eigenvalue weighted by Gasteiger charge is 2.31. The smallest absolute Gasteiger partial charge is 0.325 e. The lowest BCUT2D eigenvalue weighted by Crippen LogP contribution is -2.48. The SMILES string of the molecule is CCCCCSCCC(C)(NC)C(=O)OC. The first-order valence-electron chi connectivity index (χ1n) is 5.95. The number of methoxy groups -OCH3 is 1. The largest absolute Gasteiger partial charge is 0.468 e. The molecule has 0 radical (unpaired) electrons. The lowest BCUT2D eigenvalue weighted by molar-refractivity contribution is -0.147. The first-order valence-corrected chi connectivity index (χ1v) is 7.11. The molecule has 0 amide bonds. The summed E-state index contributed by atoms with van der Waals surface area (Å²) >= 11 is 1.92. The highest BCUT2D eigenvalue weighted by atomic mass is 32.2. The second kappa shape index (κ2) is 8.88. The molecule has 1 atom stereocenters. The van der Waals surface area contributed by atoms with E-state index >= 15 is 0 Å². The van der Waals surface area contributed by atoms with Crippen molar-refractivity contribution in [1.82, 2.24) is 5.32 Å². The summed E-state index contributed by atoms with van der Waals surface area (Å²) < 4.78 is 4.79. The van der Waals surface area contributed by atoms with Gasteiger partial charge >= 0.3 is 5.97 Å². The number of unbranched alkanes of at least 4 members (excludes halogenated alkanes) is 2. The molecule has 0 saturated carbocycles. The van der Waals surface area contributed by atoms with Gasteiger partial charge in [0.15, 0.2) is 0 Å². The normalized spacial score (nSPS) is 14.5. The number of carbonyl (C=O) groups is 1. The van der Waals surface area contributed by atoms with Crippen LogP contribution in [0, 0.1) is 0 Å². The van der Waals surface area contributed by atoms with Crippen LogP contribution in [0.15, 0.2) is 0 Å². The summed E-state index contributed by atoms with van der Waals surface area (Å²) in [6.45, 7) is 4.10. The number of hydrogen-bond donors (Lipinski definition) is 1. The quantitative estimate of drug-likeness (QED) is 0.502. The van der Waals surface area contributed by atoms with Gasteiger partial charge < -0.3 is 10.1 Å². The van der Waals surface area contributed by atoms with Gasteiger partial charge in [0, 0.05) is 0 Å². The summed E-state index contributed by atoms with van der Waals surface area (Å²) in [7, 11) is 3.24. The standard InChI is InChI=1S/C12H25NO2S/c1-5-6-7-9-16-10-8-12(2,13-3)11(14)15-4/h13H,5-10H2,1-4H3. The third-order valence-electron chi connectivity index (χ3n) is 2.83. The molecule has 0 saturated heterocycles. The lowest BCUT2D eigenvalue weighted by Gasteiger charge is -2.25. The fourth-order valence-corrected chi connectivity index (χ4v) is 2.55. The Morgan fingerprint density at radius 1 is 1.38 bits per heavy atom. The predicted molar refractivity (Wildman–Crippen MR) is 70.9 cm³/mol. The molecule has 96 valence electrons. The average Bonchev–Trinajstić information content (AvgIpc) is 2.32. The van der Waals surface area contributed by atoms with E-state index in [2.05, 4.69) is 12.2 Å². The molecule has 0 aliphatic rings. The Bertz CT molecular complexity index is 199. The first kappa shape index (κ1) is 15.8. The van der Waals surface area contributed by atoms with Crippen molar-refractivity contribution in [3.8, 4) is 0 Å². The number of hydrogen-bond acceptors (Lipinski definition) is 4. The van der Waals surface area contributed by atoms with Crippen LogP contribution in [0.3, 0.4) is 0 Å². The predicted octanol–water partition coefficient (Wildman–Crippen LogP) is 2.45. The molecule has 4 heteroatoms. The van der Waals surface area contributed by atoms with E-state index in [1.165, 1.54) is 32.1 Å². The van der Waals surface area contributed by atoms with Gasteiger partial charge in [-0.05, 0) is 38.3 Å². The molecule has 0 aromatic carbocycles. The van der Waals surface area contributed by atoms with Crippen LogP contribution in [0.25, 0.3) is 0 Å². The van der Waals surface area contributed by atoms with E-state index < -0.39 is 5.54 Å². The molecule has 0 aliphatic carbocycles. The Morgan fingerprint density at radius 3 is 2.56 bits per heavy atom. The second-order valence-electron chi connectivity index (χ2n) is 4.14. The number of nitrogens with one attached hydrogen (secondary N) is 1. The van der Waals surface area contributed by atoms with Crippen molar-refractivity contribution >= 4 is 17.7 Å². The minimum Gasteiger partial charge on any atom is -0.468 e. The summed E-state index contributed by atoms with van der Waals surface area (Å²) in [4.78, 5) is 11.5. The summed E-state index contributed by atoms with van der Waals surface area (Å²) in [5, 5.41) is 3.04. The van der Waals surface area contributed by atoms with Crippen LogP contribution in [0.2, 0.25) is 0 Å². The zero-order valence-corrected chi connectivity index (χ0v) is 11.8. The Hall–Kier alpha value is -0.220. The van der Waals surface area contributed by atoms with Crippen LogP contribution in [0.4, 0.5) is 0 Å². The summed E-state index contributed by atoms with van der Waals surface area (Å²) in [6.07, 6.45) is 4.65. The average molecular weight is 247 g/mol. The number of carbonyl (C=O) groups excluding carboxylic acids is 1. The third kappa shape index (κ3) is 5.75. The van der Waals surface area contributed by atoms with E-state index in [1.807, 2.05) is 18.7 Å². The van der Waals surface area contributed by atoms with Crippen LogP contribution < -0.4 is 5.32 Å². The van der Waals surface area contributed by atoms with Crippen LogP contribution in [-0.4, -0.2) is 37.2 Å². The van der Waals surface area contributed by atoms with E-state index in [4.69, 9.17) is 4.74 Å². The van der Waals surface area contributed by atoms with Gasteiger partial charge in [0.2, 0.25) is 0 Å². The van der Waals surface area contributed by atoms with Crippen LogP contribution in [-0.2, 0) is 9.53 Å². The van der Waals surface area contributed by atoms with Gasteiger partial charge in [-0.2, -0.15) is 11.8 Å².